The Labute approximate surface area is 151 Å². The van der Waals surface area contributed by atoms with E-state index in [4.69, 9.17) is 4.42 Å². The van der Waals surface area contributed by atoms with Crippen LogP contribution in [0.25, 0.3) is 10.8 Å². The van der Waals surface area contributed by atoms with Crippen molar-refractivity contribution in [2.24, 2.45) is 0 Å². The molecule has 4 rings (SSSR count). The Morgan fingerprint density at radius 3 is 2.50 bits per heavy atom. The largest absolute Gasteiger partial charge is 0.459 e. The molecular formula is C21H20N2O3. The molecule has 0 aliphatic carbocycles. The highest BCUT2D eigenvalue weighted by Gasteiger charge is 2.26. The van der Waals surface area contributed by atoms with Crippen molar-refractivity contribution in [3.8, 4) is 0 Å². The lowest BCUT2D eigenvalue weighted by molar-refractivity contribution is 0.0697. The number of carbonyl (C=O) groups excluding carboxylic acids is 2. The normalized spacial score (nSPS) is 15.2. The van der Waals surface area contributed by atoms with Crippen molar-refractivity contribution in [3.05, 3.63) is 72.2 Å². The van der Waals surface area contributed by atoms with Crippen LogP contribution in [0.1, 0.15) is 33.8 Å². The Kier molecular flexibility index (Phi) is 4.44. The topological polar surface area (TPSA) is 62.6 Å². The maximum Gasteiger partial charge on any atom is 0.287 e. The Bertz CT molecular complexity index is 920. The first kappa shape index (κ1) is 16.4. The van der Waals surface area contributed by atoms with Gasteiger partial charge < -0.3 is 14.6 Å². The van der Waals surface area contributed by atoms with Gasteiger partial charge in [-0.2, -0.15) is 0 Å². The molecule has 2 heterocycles. The highest BCUT2D eigenvalue weighted by atomic mass is 16.3. The minimum atomic E-state index is -0.200. The van der Waals surface area contributed by atoms with Gasteiger partial charge in [0, 0.05) is 24.7 Å². The average Bonchev–Trinajstić information content (AvgIpc) is 3.23. The summed E-state index contributed by atoms with van der Waals surface area (Å²) in [6, 6.07) is 17.2. The summed E-state index contributed by atoms with van der Waals surface area (Å²) in [4.78, 5) is 26.9. The average molecular weight is 348 g/mol. The van der Waals surface area contributed by atoms with E-state index in [2.05, 4.69) is 5.32 Å². The summed E-state index contributed by atoms with van der Waals surface area (Å²) < 4.78 is 5.12. The van der Waals surface area contributed by atoms with Gasteiger partial charge in [-0.15, -0.1) is 0 Å². The van der Waals surface area contributed by atoms with Crippen LogP contribution in [0, 0.1) is 0 Å². The Morgan fingerprint density at radius 2 is 1.73 bits per heavy atom. The van der Waals surface area contributed by atoms with Crippen LogP contribution in [0.4, 0.5) is 0 Å². The van der Waals surface area contributed by atoms with Crippen LogP contribution in [0.3, 0.4) is 0 Å². The standard InChI is InChI=1S/C21H20N2O3/c24-20(19-9-4-14-26-19)22-16-10-12-23(13-11-16)21(25)18-8-3-6-15-5-1-2-7-17(15)18/h1-9,14,16H,10-13H2,(H,22,24). The molecule has 1 fully saturated rings. The second-order valence-corrected chi connectivity index (χ2v) is 6.54. The molecule has 3 aromatic rings. The summed E-state index contributed by atoms with van der Waals surface area (Å²) in [5.41, 5.74) is 0.737. The fourth-order valence-corrected chi connectivity index (χ4v) is 3.47. The smallest absolute Gasteiger partial charge is 0.287 e. The van der Waals surface area contributed by atoms with Gasteiger partial charge in [-0.05, 0) is 41.8 Å². The summed E-state index contributed by atoms with van der Waals surface area (Å²) in [7, 11) is 0. The third-order valence-electron chi connectivity index (χ3n) is 4.88. The zero-order valence-corrected chi connectivity index (χ0v) is 14.4. The van der Waals surface area contributed by atoms with Crippen molar-refractivity contribution in [2.75, 3.05) is 13.1 Å². The summed E-state index contributed by atoms with van der Waals surface area (Å²) in [6.45, 7) is 1.26. The maximum absolute atomic E-state index is 13.0. The fourth-order valence-electron chi connectivity index (χ4n) is 3.47. The second-order valence-electron chi connectivity index (χ2n) is 6.54. The Balaban J connectivity index is 1.41. The monoisotopic (exact) mass is 348 g/mol. The first-order chi connectivity index (χ1) is 12.7. The number of likely N-dealkylation sites (tertiary alicyclic amines) is 1. The van der Waals surface area contributed by atoms with E-state index in [9.17, 15) is 9.59 Å². The van der Waals surface area contributed by atoms with E-state index in [1.807, 2.05) is 47.4 Å². The lowest BCUT2D eigenvalue weighted by Crippen LogP contribution is -2.46. The molecule has 2 aromatic carbocycles. The van der Waals surface area contributed by atoms with Gasteiger partial charge in [-0.3, -0.25) is 9.59 Å². The van der Waals surface area contributed by atoms with E-state index in [-0.39, 0.29) is 17.9 Å². The number of hydrogen-bond donors (Lipinski definition) is 1. The molecule has 5 heteroatoms. The van der Waals surface area contributed by atoms with Gasteiger partial charge >= 0.3 is 0 Å². The predicted octanol–water partition coefficient (Wildman–Crippen LogP) is 3.47. The highest BCUT2D eigenvalue weighted by molar-refractivity contribution is 6.07. The SMILES string of the molecule is O=C(NC1CCN(C(=O)c2cccc3ccccc23)CC1)c1ccco1. The number of furan rings is 1. The Morgan fingerprint density at radius 1 is 0.962 bits per heavy atom. The lowest BCUT2D eigenvalue weighted by Gasteiger charge is -2.32. The van der Waals surface area contributed by atoms with E-state index in [1.165, 1.54) is 6.26 Å². The van der Waals surface area contributed by atoms with Crippen LogP contribution in [0.2, 0.25) is 0 Å². The molecule has 26 heavy (non-hydrogen) atoms. The zero-order valence-electron chi connectivity index (χ0n) is 14.4. The van der Waals surface area contributed by atoms with Crippen LogP contribution >= 0.6 is 0 Å². The summed E-state index contributed by atoms with van der Waals surface area (Å²) in [5, 5.41) is 5.03. The first-order valence-corrected chi connectivity index (χ1v) is 8.84. The van der Waals surface area contributed by atoms with Crippen molar-refractivity contribution in [2.45, 2.75) is 18.9 Å². The van der Waals surface area contributed by atoms with E-state index in [1.54, 1.807) is 12.1 Å². The summed E-state index contributed by atoms with van der Waals surface area (Å²) in [6.07, 6.45) is 2.96. The number of amides is 2. The van der Waals surface area contributed by atoms with Gasteiger partial charge in [0.15, 0.2) is 5.76 Å². The number of rotatable bonds is 3. The molecule has 5 nitrogen and oxygen atoms in total. The van der Waals surface area contributed by atoms with Gasteiger partial charge in [-0.25, -0.2) is 0 Å². The van der Waals surface area contributed by atoms with Crippen molar-refractivity contribution in [1.29, 1.82) is 0 Å². The van der Waals surface area contributed by atoms with Crippen LogP contribution < -0.4 is 5.32 Å². The number of fused-ring (bicyclic) bond motifs is 1. The minimum Gasteiger partial charge on any atom is -0.459 e. The van der Waals surface area contributed by atoms with Gasteiger partial charge in [0.25, 0.3) is 11.8 Å². The molecular weight excluding hydrogens is 328 g/mol. The quantitative estimate of drug-likeness (QED) is 0.788. The highest BCUT2D eigenvalue weighted by Crippen LogP contribution is 2.22. The number of piperidine rings is 1. The lowest BCUT2D eigenvalue weighted by atomic mass is 10.0. The summed E-state index contributed by atoms with van der Waals surface area (Å²) >= 11 is 0. The van der Waals surface area contributed by atoms with Gasteiger partial charge in [0.2, 0.25) is 0 Å². The molecule has 0 atom stereocenters. The number of nitrogens with one attached hydrogen (secondary N) is 1. The van der Waals surface area contributed by atoms with Crippen molar-refractivity contribution in [3.63, 3.8) is 0 Å². The molecule has 1 saturated heterocycles. The van der Waals surface area contributed by atoms with E-state index in [0.29, 0.717) is 18.8 Å². The molecule has 2 amide bonds. The van der Waals surface area contributed by atoms with Crippen LogP contribution in [0.5, 0.6) is 0 Å². The molecule has 0 bridgehead atoms. The van der Waals surface area contributed by atoms with Crippen LogP contribution in [-0.4, -0.2) is 35.8 Å². The third kappa shape index (κ3) is 3.20. The molecule has 1 N–H and O–H groups in total. The first-order valence-electron chi connectivity index (χ1n) is 8.84. The van der Waals surface area contributed by atoms with Crippen molar-refractivity contribution < 1.29 is 14.0 Å². The van der Waals surface area contributed by atoms with E-state index >= 15 is 0 Å². The third-order valence-corrected chi connectivity index (χ3v) is 4.88. The van der Waals surface area contributed by atoms with Gasteiger partial charge in [0.1, 0.15) is 0 Å². The molecule has 1 aliphatic rings. The van der Waals surface area contributed by atoms with E-state index in [0.717, 1.165) is 29.2 Å². The fraction of sp³-hybridized carbons (Fsp3) is 0.238. The van der Waals surface area contributed by atoms with Crippen molar-refractivity contribution >= 4 is 22.6 Å². The number of carbonyl (C=O) groups is 2. The van der Waals surface area contributed by atoms with Gasteiger partial charge in [-0.1, -0.05) is 36.4 Å². The molecule has 0 unspecified atom stereocenters. The predicted molar refractivity (Wildman–Crippen MR) is 99.0 cm³/mol. The van der Waals surface area contributed by atoms with Gasteiger partial charge in [0.05, 0.1) is 6.26 Å². The molecule has 1 aromatic heterocycles. The molecule has 0 spiro atoms. The zero-order chi connectivity index (χ0) is 17.9. The number of benzene rings is 2. The molecule has 0 radical (unpaired) electrons. The number of nitrogens with zero attached hydrogens (tertiary/aromatic N) is 1. The molecule has 0 saturated carbocycles. The molecule has 132 valence electrons. The van der Waals surface area contributed by atoms with E-state index < -0.39 is 0 Å². The summed E-state index contributed by atoms with van der Waals surface area (Å²) in [5.74, 6) is 0.172. The minimum absolute atomic E-state index is 0.0533. The maximum atomic E-state index is 13.0. The Hall–Kier alpha value is -3.08. The molecule has 1 aliphatic heterocycles. The van der Waals surface area contributed by atoms with Crippen LogP contribution in [-0.2, 0) is 0 Å². The second kappa shape index (κ2) is 7.04. The van der Waals surface area contributed by atoms with Crippen LogP contribution in [0.15, 0.2) is 65.3 Å². The van der Waals surface area contributed by atoms with Crippen molar-refractivity contribution in [1.82, 2.24) is 10.2 Å². The number of hydrogen-bond acceptors (Lipinski definition) is 3.